The van der Waals surface area contributed by atoms with Gasteiger partial charge in [0.05, 0.1) is 5.71 Å². The fourth-order valence-electron chi connectivity index (χ4n) is 2.00. The van der Waals surface area contributed by atoms with E-state index in [1.165, 1.54) is 0 Å². The van der Waals surface area contributed by atoms with Gasteiger partial charge in [0, 0.05) is 6.54 Å². The van der Waals surface area contributed by atoms with Crippen LogP contribution in [0.5, 0.6) is 0 Å². The van der Waals surface area contributed by atoms with Crippen molar-refractivity contribution in [2.45, 2.75) is 13.5 Å². The highest BCUT2D eigenvalue weighted by Crippen LogP contribution is 2.04. The molecule has 3 aromatic rings. The Bertz CT molecular complexity index is 786. The molecule has 0 fully saturated rings. The van der Waals surface area contributed by atoms with Crippen LogP contribution in [0.4, 0.5) is 11.9 Å². The third-order valence-electron chi connectivity index (χ3n) is 3.29. The summed E-state index contributed by atoms with van der Waals surface area (Å²) < 4.78 is 0. The third kappa shape index (κ3) is 4.33. The first kappa shape index (κ1) is 15.5. The molecule has 0 saturated heterocycles. The zero-order valence-corrected chi connectivity index (χ0v) is 13.2. The first-order valence-corrected chi connectivity index (χ1v) is 7.52. The molecule has 0 unspecified atom stereocenters. The quantitative estimate of drug-likeness (QED) is 0.536. The van der Waals surface area contributed by atoms with Gasteiger partial charge in [0.15, 0.2) is 0 Å². The molecule has 120 valence electrons. The van der Waals surface area contributed by atoms with Crippen molar-refractivity contribution in [3.8, 4) is 0 Å². The Morgan fingerprint density at radius 1 is 0.833 bits per heavy atom. The van der Waals surface area contributed by atoms with Crippen molar-refractivity contribution in [2.75, 3.05) is 10.7 Å². The Morgan fingerprint density at radius 3 is 2.08 bits per heavy atom. The predicted molar refractivity (Wildman–Crippen MR) is 93.7 cm³/mol. The Balaban J connectivity index is 1.56. The minimum Gasteiger partial charge on any atom is -0.348 e. The summed E-state index contributed by atoms with van der Waals surface area (Å²) in [5, 5.41) is 23.2. The highest BCUT2D eigenvalue weighted by Gasteiger charge is 2.01. The fourth-order valence-corrected chi connectivity index (χ4v) is 2.00. The van der Waals surface area contributed by atoms with Crippen molar-refractivity contribution in [1.29, 1.82) is 0 Å². The van der Waals surface area contributed by atoms with E-state index in [4.69, 9.17) is 0 Å². The van der Waals surface area contributed by atoms with Gasteiger partial charge in [-0.05, 0) is 18.1 Å². The van der Waals surface area contributed by atoms with Gasteiger partial charge in [-0.15, -0.1) is 20.4 Å². The normalized spacial score (nSPS) is 11.1. The molecule has 3 rings (SSSR count). The number of anilines is 2. The molecular weight excluding hydrogens is 302 g/mol. The maximum absolute atomic E-state index is 4.23. The van der Waals surface area contributed by atoms with Crippen LogP contribution in [0.15, 0.2) is 65.8 Å². The number of hydrogen-bond donors (Lipinski definition) is 2. The smallest absolute Gasteiger partial charge is 0.282 e. The molecule has 0 aliphatic rings. The summed E-state index contributed by atoms with van der Waals surface area (Å²) in [6.07, 6.45) is 0. The number of hydrazone groups is 1. The number of hydrogen-bond acceptors (Lipinski definition) is 7. The first-order valence-electron chi connectivity index (χ1n) is 7.52. The van der Waals surface area contributed by atoms with Gasteiger partial charge in [-0.3, -0.25) is 0 Å². The maximum atomic E-state index is 4.23. The molecule has 2 aromatic carbocycles. The Morgan fingerprint density at radius 2 is 1.42 bits per heavy atom. The zero-order valence-electron chi connectivity index (χ0n) is 13.2. The number of aromatic nitrogens is 4. The first-order chi connectivity index (χ1) is 11.8. The Labute approximate surface area is 139 Å². The van der Waals surface area contributed by atoms with Crippen LogP contribution in [0.1, 0.15) is 18.1 Å². The summed E-state index contributed by atoms with van der Waals surface area (Å²) >= 11 is 0. The third-order valence-corrected chi connectivity index (χ3v) is 3.29. The van der Waals surface area contributed by atoms with Crippen LogP contribution in [-0.4, -0.2) is 26.1 Å². The SMILES string of the molecule is CC(=NNc1nnc(NCc2ccccc2)nn1)c1ccccc1. The molecule has 0 atom stereocenters. The summed E-state index contributed by atoms with van der Waals surface area (Å²) in [5.74, 6) is 0.615. The van der Waals surface area contributed by atoms with Crippen LogP contribution in [0.2, 0.25) is 0 Å². The van der Waals surface area contributed by atoms with Crippen LogP contribution in [0.3, 0.4) is 0 Å². The summed E-state index contributed by atoms with van der Waals surface area (Å²) in [4.78, 5) is 0. The van der Waals surface area contributed by atoms with E-state index >= 15 is 0 Å². The largest absolute Gasteiger partial charge is 0.348 e. The molecule has 7 heteroatoms. The number of rotatable bonds is 6. The lowest BCUT2D eigenvalue weighted by Crippen LogP contribution is -2.09. The van der Waals surface area contributed by atoms with Crippen LogP contribution < -0.4 is 10.7 Å². The second-order valence-corrected chi connectivity index (χ2v) is 5.06. The van der Waals surface area contributed by atoms with Gasteiger partial charge in [-0.2, -0.15) is 5.10 Å². The van der Waals surface area contributed by atoms with Gasteiger partial charge in [-0.1, -0.05) is 60.7 Å². The lowest BCUT2D eigenvalue weighted by Gasteiger charge is -2.04. The summed E-state index contributed by atoms with van der Waals surface area (Å²) in [5.41, 5.74) is 5.73. The molecule has 0 amide bonds. The lowest BCUT2D eigenvalue weighted by molar-refractivity contribution is 0.849. The van der Waals surface area contributed by atoms with E-state index < -0.39 is 0 Å². The zero-order chi connectivity index (χ0) is 16.6. The molecular formula is C17H17N7. The average molecular weight is 319 g/mol. The summed E-state index contributed by atoms with van der Waals surface area (Å²) in [6.45, 7) is 2.52. The standard InChI is InChI=1S/C17H17N7/c1-13(15-10-6-3-7-11-15)19-22-17-23-20-16(21-24-17)18-12-14-8-4-2-5-9-14/h2-11H,12H2,1H3,(H,18,20,21)(H,22,23,24). The second-order valence-electron chi connectivity index (χ2n) is 5.06. The van der Waals surface area contributed by atoms with E-state index in [-0.39, 0.29) is 5.95 Å². The molecule has 0 aliphatic heterocycles. The molecule has 1 aromatic heterocycles. The van der Waals surface area contributed by atoms with E-state index in [2.05, 4.69) is 36.2 Å². The summed E-state index contributed by atoms with van der Waals surface area (Å²) in [6, 6.07) is 19.8. The Kier molecular flexibility index (Phi) is 5.03. The molecule has 0 bridgehead atoms. The highest BCUT2D eigenvalue weighted by atomic mass is 15.5. The van der Waals surface area contributed by atoms with E-state index in [0.717, 1.165) is 16.8 Å². The lowest BCUT2D eigenvalue weighted by atomic mass is 10.1. The molecule has 2 N–H and O–H groups in total. The van der Waals surface area contributed by atoms with Gasteiger partial charge in [0.1, 0.15) is 0 Å². The second kappa shape index (κ2) is 7.77. The van der Waals surface area contributed by atoms with E-state index in [1.54, 1.807) is 0 Å². The molecule has 0 radical (unpaired) electrons. The van der Waals surface area contributed by atoms with Gasteiger partial charge in [0.25, 0.3) is 11.9 Å². The number of nitrogens with zero attached hydrogens (tertiary/aromatic N) is 5. The molecule has 7 nitrogen and oxygen atoms in total. The predicted octanol–water partition coefficient (Wildman–Crippen LogP) is 2.71. The number of nitrogens with one attached hydrogen (secondary N) is 2. The minimum atomic E-state index is 0.246. The fraction of sp³-hybridized carbons (Fsp3) is 0.118. The minimum absolute atomic E-state index is 0.246. The van der Waals surface area contributed by atoms with E-state index in [9.17, 15) is 0 Å². The van der Waals surface area contributed by atoms with Crippen molar-refractivity contribution in [2.24, 2.45) is 5.10 Å². The van der Waals surface area contributed by atoms with Crippen molar-refractivity contribution in [1.82, 2.24) is 20.4 Å². The van der Waals surface area contributed by atoms with Crippen LogP contribution in [0.25, 0.3) is 0 Å². The van der Waals surface area contributed by atoms with E-state index in [0.29, 0.717) is 12.5 Å². The molecule has 1 heterocycles. The molecule has 0 saturated carbocycles. The average Bonchev–Trinajstić information content (AvgIpc) is 2.67. The van der Waals surface area contributed by atoms with E-state index in [1.807, 2.05) is 67.6 Å². The number of benzene rings is 2. The molecule has 0 aliphatic carbocycles. The van der Waals surface area contributed by atoms with Crippen LogP contribution in [0, 0.1) is 0 Å². The van der Waals surface area contributed by atoms with Crippen molar-refractivity contribution < 1.29 is 0 Å². The van der Waals surface area contributed by atoms with Gasteiger partial charge in [0.2, 0.25) is 0 Å². The monoisotopic (exact) mass is 319 g/mol. The Hall–Kier alpha value is -3.35. The molecule has 0 spiro atoms. The van der Waals surface area contributed by atoms with Crippen molar-refractivity contribution >= 4 is 17.6 Å². The molecule has 24 heavy (non-hydrogen) atoms. The summed E-state index contributed by atoms with van der Waals surface area (Å²) in [7, 11) is 0. The van der Waals surface area contributed by atoms with Gasteiger partial charge < -0.3 is 5.32 Å². The van der Waals surface area contributed by atoms with Crippen molar-refractivity contribution in [3.05, 3.63) is 71.8 Å². The highest BCUT2D eigenvalue weighted by molar-refractivity contribution is 5.98. The van der Waals surface area contributed by atoms with Crippen LogP contribution in [-0.2, 0) is 6.54 Å². The van der Waals surface area contributed by atoms with Crippen LogP contribution >= 0.6 is 0 Å². The topological polar surface area (TPSA) is 88.0 Å². The van der Waals surface area contributed by atoms with Gasteiger partial charge >= 0.3 is 0 Å². The van der Waals surface area contributed by atoms with Crippen molar-refractivity contribution in [3.63, 3.8) is 0 Å². The maximum Gasteiger partial charge on any atom is 0.282 e. The van der Waals surface area contributed by atoms with Gasteiger partial charge in [-0.25, -0.2) is 5.43 Å².